The number of fused-ring (bicyclic) bond motifs is 1. The summed E-state index contributed by atoms with van der Waals surface area (Å²) in [6.45, 7) is 1.30. The van der Waals surface area contributed by atoms with E-state index in [-0.39, 0.29) is 37.8 Å². The van der Waals surface area contributed by atoms with Crippen molar-refractivity contribution < 1.29 is 37.1 Å². The number of benzene rings is 2. The van der Waals surface area contributed by atoms with Crippen LogP contribution < -0.4 is 5.32 Å². The molecule has 2 N–H and O–H groups in total. The second kappa shape index (κ2) is 9.21. The molecule has 3 heterocycles. The van der Waals surface area contributed by atoms with Crippen LogP contribution in [0, 0.1) is 5.82 Å². The Bertz CT molecular complexity index is 1250. The molecular formula is C26H25F4N3O4. The van der Waals surface area contributed by atoms with E-state index < -0.39 is 46.9 Å². The number of nitrogens with one attached hydrogen (secondary N) is 1. The minimum atomic E-state index is -4.39. The first kappa shape index (κ1) is 25.3. The molecule has 2 aromatic carbocycles. The zero-order chi connectivity index (χ0) is 26.5. The lowest BCUT2D eigenvalue weighted by molar-refractivity contribution is -0.138. The molecule has 0 radical (unpaired) electrons. The summed E-state index contributed by atoms with van der Waals surface area (Å²) < 4.78 is 53.5. The van der Waals surface area contributed by atoms with E-state index in [9.17, 15) is 32.7 Å². The predicted octanol–water partition coefficient (Wildman–Crippen LogP) is 3.09. The third-order valence-electron chi connectivity index (χ3n) is 7.48. The van der Waals surface area contributed by atoms with Crippen LogP contribution in [0.4, 0.5) is 17.6 Å². The van der Waals surface area contributed by atoms with Gasteiger partial charge in [0.05, 0.1) is 16.7 Å². The van der Waals surface area contributed by atoms with Crippen LogP contribution in [-0.4, -0.2) is 51.8 Å². The number of alkyl halides is 3. The summed E-state index contributed by atoms with van der Waals surface area (Å²) in [5.41, 5.74) is -0.734. The van der Waals surface area contributed by atoms with Gasteiger partial charge in [-0.05, 0) is 54.2 Å². The van der Waals surface area contributed by atoms with E-state index in [0.29, 0.717) is 36.3 Å². The Balaban J connectivity index is 1.27. The van der Waals surface area contributed by atoms with Gasteiger partial charge in [0.25, 0.3) is 5.91 Å². The van der Waals surface area contributed by atoms with Crippen LogP contribution in [0.2, 0.25) is 0 Å². The maximum Gasteiger partial charge on any atom is 0.416 e. The highest BCUT2D eigenvalue weighted by molar-refractivity contribution is 6.05. The molecule has 11 heteroatoms. The topological polar surface area (TPSA) is 90.0 Å². The molecule has 1 unspecified atom stereocenters. The third-order valence-corrected chi connectivity index (χ3v) is 7.48. The van der Waals surface area contributed by atoms with Crippen molar-refractivity contribution in [2.45, 2.75) is 56.6 Å². The third kappa shape index (κ3) is 4.85. The van der Waals surface area contributed by atoms with Crippen LogP contribution in [-0.2, 0) is 34.5 Å². The lowest BCUT2D eigenvalue weighted by atomic mass is 9.83. The SMILES string of the molecule is O=C1CCC(N2Cc3cc(C4(O)CCN(Cc5ccc(C(F)(F)F)cc5)CC4)cc(F)c3C2=O)C(=O)N1. The normalized spacial score (nSPS) is 22.2. The summed E-state index contributed by atoms with van der Waals surface area (Å²) in [5.74, 6) is -2.39. The summed E-state index contributed by atoms with van der Waals surface area (Å²) in [5, 5.41) is 13.5. The molecule has 37 heavy (non-hydrogen) atoms. The standard InChI is InChI=1S/C26H25F4N3O4/c27-19-12-18(11-16-14-33(24(36)22(16)19)20-5-6-21(34)31-23(20)35)25(37)7-9-32(10-8-25)13-15-1-3-17(4-2-15)26(28,29)30/h1-4,11-12,20,37H,5-10,13-14H2,(H,31,34,35). The summed E-state index contributed by atoms with van der Waals surface area (Å²) in [6, 6.07) is 6.86. The Hall–Kier alpha value is -3.31. The van der Waals surface area contributed by atoms with Crippen molar-refractivity contribution in [1.82, 2.24) is 15.1 Å². The lowest BCUT2D eigenvalue weighted by Crippen LogP contribution is -2.52. The van der Waals surface area contributed by atoms with Gasteiger partial charge < -0.3 is 10.0 Å². The van der Waals surface area contributed by atoms with E-state index in [4.69, 9.17) is 0 Å². The summed E-state index contributed by atoms with van der Waals surface area (Å²) in [7, 11) is 0. The van der Waals surface area contributed by atoms with E-state index in [1.807, 2.05) is 4.90 Å². The number of carbonyl (C=O) groups is 3. The van der Waals surface area contributed by atoms with Gasteiger partial charge in [-0.25, -0.2) is 4.39 Å². The Labute approximate surface area is 210 Å². The fourth-order valence-electron chi connectivity index (χ4n) is 5.35. The first-order valence-corrected chi connectivity index (χ1v) is 12.0. The van der Waals surface area contributed by atoms with Gasteiger partial charge in [0.1, 0.15) is 11.9 Å². The molecule has 0 bridgehead atoms. The van der Waals surface area contributed by atoms with Gasteiger partial charge in [-0.15, -0.1) is 0 Å². The molecule has 3 aliphatic heterocycles. The van der Waals surface area contributed by atoms with Gasteiger partial charge in [0, 0.05) is 32.6 Å². The molecule has 7 nitrogen and oxygen atoms in total. The van der Waals surface area contributed by atoms with Crippen LogP contribution >= 0.6 is 0 Å². The Morgan fingerprint density at radius 2 is 1.73 bits per heavy atom. The number of imide groups is 1. The van der Waals surface area contributed by atoms with Crippen molar-refractivity contribution in [3.8, 4) is 0 Å². The summed E-state index contributed by atoms with van der Waals surface area (Å²) >= 11 is 0. The van der Waals surface area contributed by atoms with Crippen LogP contribution in [0.5, 0.6) is 0 Å². The molecule has 1 atom stereocenters. The number of nitrogens with zero attached hydrogens (tertiary/aromatic N) is 2. The van der Waals surface area contributed by atoms with Crippen molar-refractivity contribution in [2.24, 2.45) is 0 Å². The predicted molar refractivity (Wildman–Crippen MR) is 122 cm³/mol. The highest BCUT2D eigenvalue weighted by atomic mass is 19.4. The van der Waals surface area contributed by atoms with E-state index >= 15 is 4.39 Å². The van der Waals surface area contributed by atoms with Gasteiger partial charge in [0.15, 0.2) is 0 Å². The van der Waals surface area contributed by atoms with E-state index in [1.165, 1.54) is 17.0 Å². The minimum absolute atomic E-state index is 0.00132. The lowest BCUT2D eigenvalue weighted by Gasteiger charge is -2.38. The average molecular weight is 519 g/mol. The van der Waals surface area contributed by atoms with Crippen molar-refractivity contribution in [3.05, 3.63) is 70.0 Å². The number of halogens is 4. The van der Waals surface area contributed by atoms with Crippen molar-refractivity contribution in [3.63, 3.8) is 0 Å². The number of piperidine rings is 2. The van der Waals surface area contributed by atoms with Crippen LogP contribution in [0.25, 0.3) is 0 Å². The van der Waals surface area contributed by atoms with Gasteiger partial charge in [0.2, 0.25) is 11.8 Å². The van der Waals surface area contributed by atoms with Crippen molar-refractivity contribution in [2.75, 3.05) is 13.1 Å². The minimum Gasteiger partial charge on any atom is -0.385 e. The maximum absolute atomic E-state index is 15.1. The highest BCUT2D eigenvalue weighted by Crippen LogP contribution is 2.38. The average Bonchev–Trinajstić information content (AvgIpc) is 3.17. The smallest absolute Gasteiger partial charge is 0.385 e. The fraction of sp³-hybridized carbons (Fsp3) is 0.423. The number of aliphatic hydroxyl groups is 1. The number of likely N-dealkylation sites (tertiary alicyclic amines) is 1. The van der Waals surface area contributed by atoms with Crippen LogP contribution in [0.3, 0.4) is 0 Å². The quantitative estimate of drug-likeness (QED) is 0.479. The first-order chi connectivity index (χ1) is 17.4. The molecule has 5 rings (SSSR count). The summed E-state index contributed by atoms with van der Waals surface area (Å²) in [4.78, 5) is 39.9. The number of hydrogen-bond acceptors (Lipinski definition) is 5. The molecule has 0 aliphatic carbocycles. The second-order valence-electron chi connectivity index (χ2n) is 9.89. The molecule has 2 saturated heterocycles. The van der Waals surface area contributed by atoms with Gasteiger partial charge in [-0.3, -0.25) is 24.6 Å². The first-order valence-electron chi connectivity index (χ1n) is 12.0. The van der Waals surface area contributed by atoms with Gasteiger partial charge in [-0.2, -0.15) is 13.2 Å². The van der Waals surface area contributed by atoms with E-state index in [0.717, 1.165) is 18.2 Å². The Kier molecular flexibility index (Phi) is 6.31. The molecule has 3 aliphatic rings. The molecule has 196 valence electrons. The molecule has 2 fully saturated rings. The zero-order valence-corrected chi connectivity index (χ0v) is 19.8. The molecule has 2 aromatic rings. The molecule has 3 amide bonds. The molecule has 0 spiro atoms. The molecular weight excluding hydrogens is 494 g/mol. The number of amides is 3. The summed E-state index contributed by atoms with van der Waals surface area (Å²) in [6.07, 6.45) is -3.59. The number of carbonyl (C=O) groups excluding carboxylic acids is 3. The molecule has 0 saturated carbocycles. The number of rotatable bonds is 4. The van der Waals surface area contributed by atoms with E-state index in [2.05, 4.69) is 5.32 Å². The second-order valence-corrected chi connectivity index (χ2v) is 9.89. The van der Waals surface area contributed by atoms with Crippen molar-refractivity contribution >= 4 is 17.7 Å². The number of hydrogen-bond donors (Lipinski definition) is 2. The van der Waals surface area contributed by atoms with Gasteiger partial charge in [-0.1, -0.05) is 18.2 Å². The van der Waals surface area contributed by atoms with Crippen LogP contribution in [0.1, 0.15) is 58.3 Å². The highest BCUT2D eigenvalue weighted by Gasteiger charge is 2.42. The fourth-order valence-corrected chi connectivity index (χ4v) is 5.35. The maximum atomic E-state index is 15.1. The van der Waals surface area contributed by atoms with E-state index in [1.54, 1.807) is 6.07 Å². The van der Waals surface area contributed by atoms with Crippen LogP contribution in [0.15, 0.2) is 36.4 Å². The largest absolute Gasteiger partial charge is 0.416 e. The Morgan fingerprint density at radius 3 is 2.35 bits per heavy atom. The van der Waals surface area contributed by atoms with Gasteiger partial charge >= 0.3 is 6.18 Å². The monoisotopic (exact) mass is 519 g/mol. The molecule has 0 aromatic heterocycles. The Morgan fingerprint density at radius 1 is 1.05 bits per heavy atom. The zero-order valence-electron chi connectivity index (χ0n) is 19.8. The van der Waals surface area contributed by atoms with Crippen molar-refractivity contribution in [1.29, 1.82) is 0 Å².